The number of rotatable bonds is 5. The summed E-state index contributed by atoms with van der Waals surface area (Å²) in [6.45, 7) is 0.481. The average Bonchev–Trinajstić information content (AvgIpc) is 2.44. The van der Waals surface area contributed by atoms with Gasteiger partial charge in [-0.25, -0.2) is 0 Å². The van der Waals surface area contributed by atoms with E-state index in [0.29, 0.717) is 12.4 Å². The highest BCUT2D eigenvalue weighted by atomic mass is 16.5. The Bertz CT molecular complexity index is 574. The molecule has 0 unspecified atom stereocenters. The van der Waals surface area contributed by atoms with Crippen LogP contribution in [0.1, 0.15) is 11.1 Å². The second kappa shape index (κ2) is 6.40. The second-order valence-corrected chi connectivity index (χ2v) is 4.00. The molecule has 0 heterocycles. The lowest BCUT2D eigenvalue weighted by Crippen LogP contribution is -2.18. The van der Waals surface area contributed by atoms with Gasteiger partial charge in [-0.05, 0) is 29.3 Å². The molecule has 0 amide bonds. The lowest BCUT2D eigenvalue weighted by Gasteiger charge is -2.06. The molecule has 0 radical (unpaired) electrons. The van der Waals surface area contributed by atoms with E-state index in [1.54, 1.807) is 12.1 Å². The summed E-state index contributed by atoms with van der Waals surface area (Å²) < 4.78 is 5.64. The van der Waals surface area contributed by atoms with Crippen LogP contribution in [-0.4, -0.2) is 5.97 Å². The summed E-state index contributed by atoms with van der Waals surface area (Å²) in [7, 11) is 0. The number of hydrogen-bond acceptors (Lipinski definition) is 3. The van der Waals surface area contributed by atoms with Crippen LogP contribution in [0.4, 0.5) is 0 Å². The van der Waals surface area contributed by atoms with Crippen molar-refractivity contribution < 1.29 is 14.6 Å². The van der Waals surface area contributed by atoms with E-state index in [4.69, 9.17) is 4.74 Å². The molecule has 3 nitrogen and oxygen atoms in total. The topological polar surface area (TPSA) is 49.4 Å². The van der Waals surface area contributed by atoms with E-state index in [9.17, 15) is 9.90 Å². The van der Waals surface area contributed by atoms with Crippen LogP contribution < -0.4 is 9.84 Å². The summed E-state index contributed by atoms with van der Waals surface area (Å²) in [6, 6.07) is 17.1. The minimum absolute atomic E-state index is 0.481. The molecule has 3 heteroatoms. The lowest BCUT2D eigenvalue weighted by atomic mass is 10.2. The first kappa shape index (κ1) is 12.9. The Morgan fingerprint density at radius 2 is 1.89 bits per heavy atom. The molecule has 0 spiro atoms. The smallest absolute Gasteiger partial charge is 0.120 e. The van der Waals surface area contributed by atoms with Gasteiger partial charge in [0.2, 0.25) is 0 Å². The summed E-state index contributed by atoms with van der Waals surface area (Å²) in [5.74, 6) is -0.514. The molecule has 0 aliphatic carbocycles. The van der Waals surface area contributed by atoms with Crippen LogP contribution in [0.3, 0.4) is 0 Å². The zero-order valence-electron chi connectivity index (χ0n) is 10.3. The number of carbonyl (C=O) groups is 1. The zero-order valence-corrected chi connectivity index (χ0v) is 10.3. The van der Waals surface area contributed by atoms with E-state index in [1.807, 2.05) is 42.5 Å². The van der Waals surface area contributed by atoms with Crippen molar-refractivity contribution in [2.24, 2.45) is 0 Å². The molecule has 0 bridgehead atoms. The monoisotopic (exact) mass is 253 g/mol. The van der Waals surface area contributed by atoms with Crippen molar-refractivity contribution in [1.82, 2.24) is 0 Å². The molecule has 0 atom stereocenters. The van der Waals surface area contributed by atoms with E-state index < -0.39 is 5.97 Å². The molecule has 0 aromatic heterocycles. The van der Waals surface area contributed by atoms with Crippen molar-refractivity contribution in [3.8, 4) is 5.75 Å². The Kier molecular flexibility index (Phi) is 4.34. The Balaban J connectivity index is 2.01. The van der Waals surface area contributed by atoms with Crippen LogP contribution in [0.2, 0.25) is 0 Å². The molecule has 0 saturated heterocycles. The zero-order chi connectivity index (χ0) is 13.5. The van der Waals surface area contributed by atoms with Crippen molar-refractivity contribution in [3.63, 3.8) is 0 Å². The van der Waals surface area contributed by atoms with Gasteiger partial charge >= 0.3 is 0 Å². The predicted octanol–water partition coefficient (Wildman–Crippen LogP) is 2.03. The van der Waals surface area contributed by atoms with Crippen molar-refractivity contribution in [3.05, 3.63) is 71.8 Å². The number of carboxylic acids is 1. The van der Waals surface area contributed by atoms with Crippen molar-refractivity contribution in [1.29, 1.82) is 0 Å². The third-order valence-corrected chi connectivity index (χ3v) is 2.52. The summed E-state index contributed by atoms with van der Waals surface area (Å²) in [4.78, 5) is 10.3. The molecule has 0 aliphatic rings. The lowest BCUT2D eigenvalue weighted by molar-refractivity contribution is -0.297. The van der Waals surface area contributed by atoms with Gasteiger partial charge in [0, 0.05) is 0 Å². The molecule has 0 saturated carbocycles. The van der Waals surface area contributed by atoms with E-state index in [2.05, 4.69) is 0 Å². The second-order valence-electron chi connectivity index (χ2n) is 4.00. The van der Waals surface area contributed by atoms with Crippen LogP contribution in [0, 0.1) is 0 Å². The molecule has 19 heavy (non-hydrogen) atoms. The summed E-state index contributed by atoms with van der Waals surface area (Å²) >= 11 is 0. The van der Waals surface area contributed by atoms with E-state index in [1.165, 1.54) is 6.08 Å². The number of hydrogen-bond donors (Lipinski definition) is 0. The maximum absolute atomic E-state index is 10.3. The van der Waals surface area contributed by atoms with Gasteiger partial charge in [0.05, 0.1) is 5.97 Å². The molecule has 0 N–H and O–H groups in total. The fourth-order valence-electron chi connectivity index (χ4n) is 1.61. The summed E-state index contributed by atoms with van der Waals surface area (Å²) in [5, 5.41) is 10.3. The number of carbonyl (C=O) groups excluding carboxylic acids is 1. The molecular weight excluding hydrogens is 240 g/mol. The van der Waals surface area contributed by atoms with Gasteiger partial charge < -0.3 is 14.6 Å². The SMILES string of the molecule is O=C([O-])/C=C/c1cccc(OCc2ccccc2)c1. The number of carboxylic acid groups (broad SMARTS) is 1. The first-order valence-electron chi connectivity index (χ1n) is 5.90. The quantitative estimate of drug-likeness (QED) is 0.766. The van der Waals surface area contributed by atoms with E-state index in [0.717, 1.165) is 17.2 Å². The van der Waals surface area contributed by atoms with Gasteiger partial charge in [0.15, 0.2) is 0 Å². The van der Waals surface area contributed by atoms with Crippen molar-refractivity contribution in [2.45, 2.75) is 6.61 Å². The predicted molar refractivity (Wildman–Crippen MR) is 71.3 cm³/mol. The van der Waals surface area contributed by atoms with Gasteiger partial charge in [-0.15, -0.1) is 0 Å². The standard InChI is InChI=1S/C16H14O3/c17-16(18)10-9-13-7-4-8-15(11-13)19-12-14-5-2-1-3-6-14/h1-11H,12H2,(H,17,18)/p-1/b10-9+. The fraction of sp³-hybridized carbons (Fsp3) is 0.0625. The van der Waals surface area contributed by atoms with Crippen molar-refractivity contribution >= 4 is 12.0 Å². The Labute approximate surface area is 111 Å². The van der Waals surface area contributed by atoms with Crippen molar-refractivity contribution in [2.75, 3.05) is 0 Å². The number of ether oxygens (including phenoxy) is 1. The average molecular weight is 253 g/mol. The Morgan fingerprint density at radius 3 is 2.63 bits per heavy atom. The fourth-order valence-corrected chi connectivity index (χ4v) is 1.61. The highest BCUT2D eigenvalue weighted by molar-refractivity contribution is 5.83. The van der Waals surface area contributed by atoms with Crippen LogP contribution >= 0.6 is 0 Å². The Morgan fingerprint density at radius 1 is 1.11 bits per heavy atom. The van der Waals surface area contributed by atoms with Gasteiger partial charge in [0.25, 0.3) is 0 Å². The van der Waals surface area contributed by atoms with Crippen LogP contribution in [-0.2, 0) is 11.4 Å². The molecule has 2 aromatic rings. The Hall–Kier alpha value is -2.55. The normalized spacial score (nSPS) is 10.5. The van der Waals surface area contributed by atoms with Gasteiger partial charge in [-0.3, -0.25) is 0 Å². The first-order valence-corrected chi connectivity index (χ1v) is 5.90. The minimum atomic E-state index is -1.21. The highest BCUT2D eigenvalue weighted by Gasteiger charge is 1.96. The third kappa shape index (κ3) is 4.32. The number of benzene rings is 2. The number of aliphatic carboxylic acids is 1. The summed E-state index contributed by atoms with van der Waals surface area (Å²) in [5.41, 5.74) is 1.84. The van der Waals surface area contributed by atoms with E-state index >= 15 is 0 Å². The van der Waals surface area contributed by atoms with Crippen LogP contribution in [0.25, 0.3) is 6.08 Å². The third-order valence-electron chi connectivity index (χ3n) is 2.52. The largest absolute Gasteiger partial charge is 0.545 e. The molecule has 0 fully saturated rings. The molecule has 2 aromatic carbocycles. The summed E-state index contributed by atoms with van der Waals surface area (Å²) in [6.07, 6.45) is 2.47. The molecule has 0 aliphatic heterocycles. The molecule has 96 valence electrons. The van der Waals surface area contributed by atoms with Gasteiger partial charge in [-0.2, -0.15) is 0 Å². The maximum Gasteiger partial charge on any atom is 0.120 e. The van der Waals surface area contributed by atoms with Gasteiger partial charge in [0.1, 0.15) is 12.4 Å². The van der Waals surface area contributed by atoms with Crippen LogP contribution in [0.5, 0.6) is 5.75 Å². The minimum Gasteiger partial charge on any atom is -0.545 e. The molecular formula is C16H13O3-. The van der Waals surface area contributed by atoms with Gasteiger partial charge in [-0.1, -0.05) is 48.5 Å². The highest BCUT2D eigenvalue weighted by Crippen LogP contribution is 2.16. The van der Waals surface area contributed by atoms with Crippen LogP contribution in [0.15, 0.2) is 60.7 Å². The molecule has 2 rings (SSSR count). The first-order chi connectivity index (χ1) is 9.24. The maximum atomic E-state index is 10.3. The van der Waals surface area contributed by atoms with E-state index in [-0.39, 0.29) is 0 Å².